The van der Waals surface area contributed by atoms with E-state index in [1.54, 1.807) is 4.90 Å². The van der Waals surface area contributed by atoms with Gasteiger partial charge in [0.25, 0.3) is 0 Å². The number of amides is 1. The topological polar surface area (TPSA) is 20.3 Å². The van der Waals surface area contributed by atoms with Gasteiger partial charge < -0.3 is 4.90 Å². The first-order chi connectivity index (χ1) is 5.67. The summed E-state index contributed by atoms with van der Waals surface area (Å²) in [5.74, 6) is 0.113. The molecule has 0 aromatic heterocycles. The summed E-state index contributed by atoms with van der Waals surface area (Å²) in [6, 6.07) is 0. The van der Waals surface area contributed by atoms with Crippen molar-refractivity contribution in [1.29, 1.82) is 0 Å². The molecule has 70 valence electrons. The highest BCUT2D eigenvalue weighted by molar-refractivity contribution is 5.92. The minimum Gasteiger partial charge on any atom is -0.340 e. The maximum Gasteiger partial charge on any atom is 0.249 e. The first-order valence-corrected chi connectivity index (χ1v) is 4.64. The van der Waals surface area contributed by atoms with E-state index in [-0.39, 0.29) is 5.91 Å². The van der Waals surface area contributed by atoms with Crippen LogP contribution in [0.2, 0.25) is 0 Å². The van der Waals surface area contributed by atoms with Crippen molar-refractivity contribution in [2.75, 3.05) is 13.1 Å². The number of nitrogens with zero attached hydrogens (tertiary/aromatic N) is 1. The fraction of sp³-hybridized carbons (Fsp3) is 0.700. The van der Waals surface area contributed by atoms with Crippen molar-refractivity contribution >= 4 is 5.91 Å². The Balaban J connectivity index is 4.07. The number of likely N-dealkylation sites (N-methyl/N-ethyl adjacent to an activating group) is 1. The van der Waals surface area contributed by atoms with Gasteiger partial charge in [0.15, 0.2) is 0 Å². The summed E-state index contributed by atoms with van der Waals surface area (Å²) in [6.07, 6.45) is 1.81. The zero-order chi connectivity index (χ0) is 9.56. The standard InChI is InChI=1S/C10H19NO/c1-5-8-9(4)10(12)11(6-2)7-3/h4-8H2,1-3H3. The van der Waals surface area contributed by atoms with Crippen molar-refractivity contribution in [1.82, 2.24) is 4.90 Å². The quantitative estimate of drug-likeness (QED) is 0.578. The number of hydrogen-bond donors (Lipinski definition) is 0. The van der Waals surface area contributed by atoms with Crippen molar-refractivity contribution in [2.24, 2.45) is 0 Å². The van der Waals surface area contributed by atoms with Gasteiger partial charge in [-0.2, -0.15) is 0 Å². The van der Waals surface area contributed by atoms with Gasteiger partial charge in [0.05, 0.1) is 0 Å². The average molecular weight is 169 g/mol. The van der Waals surface area contributed by atoms with E-state index in [0.29, 0.717) is 0 Å². The molecule has 0 spiro atoms. The molecule has 0 N–H and O–H groups in total. The van der Waals surface area contributed by atoms with E-state index in [1.807, 2.05) is 13.8 Å². The van der Waals surface area contributed by atoms with Gasteiger partial charge in [0.1, 0.15) is 0 Å². The molecule has 2 nitrogen and oxygen atoms in total. The lowest BCUT2D eigenvalue weighted by Crippen LogP contribution is -2.31. The number of hydrogen-bond acceptors (Lipinski definition) is 1. The predicted octanol–water partition coefficient (Wildman–Crippen LogP) is 2.21. The van der Waals surface area contributed by atoms with Crippen molar-refractivity contribution in [2.45, 2.75) is 33.6 Å². The van der Waals surface area contributed by atoms with Gasteiger partial charge in [-0.25, -0.2) is 0 Å². The van der Waals surface area contributed by atoms with Gasteiger partial charge in [-0.15, -0.1) is 0 Å². The molecule has 0 unspecified atom stereocenters. The lowest BCUT2D eigenvalue weighted by Gasteiger charge is -2.19. The third-order valence-electron chi connectivity index (χ3n) is 1.90. The van der Waals surface area contributed by atoms with Crippen molar-refractivity contribution in [3.05, 3.63) is 12.2 Å². The second kappa shape index (κ2) is 5.81. The van der Waals surface area contributed by atoms with Crippen LogP contribution in [0.4, 0.5) is 0 Å². The molecule has 0 aromatic carbocycles. The molecule has 0 rings (SSSR count). The van der Waals surface area contributed by atoms with E-state index in [1.165, 1.54) is 0 Å². The highest BCUT2D eigenvalue weighted by atomic mass is 16.2. The van der Waals surface area contributed by atoms with Gasteiger partial charge in [0.2, 0.25) is 5.91 Å². The van der Waals surface area contributed by atoms with Gasteiger partial charge >= 0.3 is 0 Å². The fourth-order valence-corrected chi connectivity index (χ4v) is 1.14. The number of carbonyl (C=O) groups is 1. The Bertz CT molecular complexity index is 159. The van der Waals surface area contributed by atoms with E-state index in [2.05, 4.69) is 13.5 Å². The maximum absolute atomic E-state index is 11.5. The van der Waals surface area contributed by atoms with Gasteiger partial charge in [0, 0.05) is 18.7 Å². The first kappa shape index (κ1) is 11.2. The van der Waals surface area contributed by atoms with Crippen LogP contribution in [0.5, 0.6) is 0 Å². The molecule has 0 fully saturated rings. The van der Waals surface area contributed by atoms with Crippen LogP contribution in [0.25, 0.3) is 0 Å². The van der Waals surface area contributed by atoms with E-state index in [4.69, 9.17) is 0 Å². The molecular weight excluding hydrogens is 150 g/mol. The SMILES string of the molecule is C=C(CCC)C(=O)N(CC)CC. The summed E-state index contributed by atoms with van der Waals surface area (Å²) in [5.41, 5.74) is 0.737. The second-order valence-electron chi connectivity index (χ2n) is 2.83. The lowest BCUT2D eigenvalue weighted by atomic mass is 10.1. The molecule has 0 saturated heterocycles. The van der Waals surface area contributed by atoms with Crippen LogP contribution in [0.3, 0.4) is 0 Å². The van der Waals surface area contributed by atoms with Crippen LogP contribution < -0.4 is 0 Å². The zero-order valence-corrected chi connectivity index (χ0v) is 8.39. The van der Waals surface area contributed by atoms with Gasteiger partial charge in [-0.05, 0) is 20.3 Å². The molecule has 0 heterocycles. The van der Waals surface area contributed by atoms with Gasteiger partial charge in [-0.1, -0.05) is 19.9 Å². The largest absolute Gasteiger partial charge is 0.340 e. The Labute approximate surface area is 75.3 Å². The molecule has 0 atom stereocenters. The summed E-state index contributed by atoms with van der Waals surface area (Å²) >= 11 is 0. The Kier molecular flexibility index (Phi) is 5.43. The minimum absolute atomic E-state index is 0.113. The predicted molar refractivity (Wildman–Crippen MR) is 52.0 cm³/mol. The van der Waals surface area contributed by atoms with E-state index in [9.17, 15) is 4.79 Å². The van der Waals surface area contributed by atoms with Crippen molar-refractivity contribution in [3.8, 4) is 0 Å². The van der Waals surface area contributed by atoms with Crippen molar-refractivity contribution < 1.29 is 4.79 Å². The van der Waals surface area contributed by atoms with Gasteiger partial charge in [-0.3, -0.25) is 4.79 Å². The smallest absolute Gasteiger partial charge is 0.249 e. The zero-order valence-electron chi connectivity index (χ0n) is 8.39. The summed E-state index contributed by atoms with van der Waals surface area (Å²) in [7, 11) is 0. The molecule has 0 saturated carbocycles. The maximum atomic E-state index is 11.5. The third-order valence-corrected chi connectivity index (χ3v) is 1.90. The van der Waals surface area contributed by atoms with Crippen molar-refractivity contribution in [3.63, 3.8) is 0 Å². The Morgan fingerprint density at radius 1 is 1.25 bits per heavy atom. The molecule has 0 aromatic rings. The highest BCUT2D eigenvalue weighted by Crippen LogP contribution is 2.06. The molecule has 0 aliphatic heterocycles. The van der Waals surface area contributed by atoms with E-state index < -0.39 is 0 Å². The molecule has 1 amide bonds. The number of rotatable bonds is 5. The van der Waals surface area contributed by atoms with Crippen LogP contribution in [0.1, 0.15) is 33.6 Å². The second-order valence-corrected chi connectivity index (χ2v) is 2.83. The summed E-state index contributed by atoms with van der Waals surface area (Å²) in [6.45, 7) is 11.4. The summed E-state index contributed by atoms with van der Waals surface area (Å²) in [5, 5.41) is 0. The summed E-state index contributed by atoms with van der Waals surface area (Å²) in [4.78, 5) is 13.3. The molecular formula is C10H19NO. The molecule has 12 heavy (non-hydrogen) atoms. The highest BCUT2D eigenvalue weighted by Gasteiger charge is 2.11. The molecule has 0 bridgehead atoms. The number of carbonyl (C=O) groups excluding carboxylic acids is 1. The third kappa shape index (κ3) is 3.07. The van der Waals surface area contributed by atoms with E-state index in [0.717, 1.165) is 31.5 Å². The average Bonchev–Trinajstić information content (AvgIpc) is 2.07. The molecule has 0 aliphatic carbocycles. The van der Waals surface area contributed by atoms with Crippen LogP contribution in [0, 0.1) is 0 Å². The van der Waals surface area contributed by atoms with Crippen LogP contribution >= 0.6 is 0 Å². The summed E-state index contributed by atoms with van der Waals surface area (Å²) < 4.78 is 0. The molecule has 0 aliphatic rings. The monoisotopic (exact) mass is 169 g/mol. The van der Waals surface area contributed by atoms with E-state index >= 15 is 0 Å². The van der Waals surface area contributed by atoms with Crippen LogP contribution in [-0.2, 0) is 4.79 Å². The Hall–Kier alpha value is -0.790. The normalized spacial score (nSPS) is 9.58. The first-order valence-electron chi connectivity index (χ1n) is 4.64. The lowest BCUT2D eigenvalue weighted by molar-refractivity contribution is -0.126. The Morgan fingerprint density at radius 2 is 1.75 bits per heavy atom. The van der Waals surface area contributed by atoms with Crippen LogP contribution in [0.15, 0.2) is 12.2 Å². The fourth-order valence-electron chi connectivity index (χ4n) is 1.14. The minimum atomic E-state index is 0.113. The van der Waals surface area contributed by atoms with Crippen LogP contribution in [-0.4, -0.2) is 23.9 Å². The molecule has 0 radical (unpaired) electrons. The molecule has 2 heteroatoms. The Morgan fingerprint density at radius 3 is 2.08 bits per heavy atom.